The number of piperidine rings is 1. The van der Waals surface area contributed by atoms with Crippen molar-refractivity contribution >= 4 is 33.7 Å². The lowest BCUT2D eigenvalue weighted by Gasteiger charge is -2.39. The van der Waals surface area contributed by atoms with E-state index < -0.39 is 41.3 Å². The molecule has 0 radical (unpaired) electrons. The van der Waals surface area contributed by atoms with Gasteiger partial charge in [-0.1, -0.05) is 15.9 Å². The molecule has 1 unspecified atom stereocenters. The average Bonchev–Trinajstić information content (AvgIpc) is 2.74. The van der Waals surface area contributed by atoms with Gasteiger partial charge < -0.3 is 25.0 Å². The lowest BCUT2D eigenvalue weighted by molar-refractivity contribution is 0.0177. The van der Waals surface area contributed by atoms with Crippen molar-refractivity contribution in [2.24, 2.45) is 0 Å². The molecule has 1 fully saturated rings. The fourth-order valence-corrected chi connectivity index (χ4v) is 4.08. The molecular formula is C24H28BrF2N3O4. The SMILES string of the molecule is COc1cc(F)c([C@@H]2CN(C(=O)OC(C)(C)C)CCC2NC(=O)Nc2ccc(Br)cc2)c(F)c1. The third-order valence-corrected chi connectivity index (χ3v) is 5.87. The topological polar surface area (TPSA) is 79.9 Å². The third kappa shape index (κ3) is 6.59. The van der Waals surface area contributed by atoms with Gasteiger partial charge in [0.05, 0.1) is 7.11 Å². The number of carbonyl (C=O) groups is 2. The summed E-state index contributed by atoms with van der Waals surface area (Å²) in [6, 6.07) is 8.01. The average molecular weight is 540 g/mol. The fraction of sp³-hybridized carbons (Fsp3) is 0.417. The Hall–Kier alpha value is -2.88. The molecule has 1 aliphatic heterocycles. The lowest BCUT2D eigenvalue weighted by Crippen LogP contribution is -2.53. The minimum Gasteiger partial charge on any atom is -0.497 e. The number of nitrogens with zero attached hydrogens (tertiary/aromatic N) is 1. The second-order valence-electron chi connectivity index (χ2n) is 9.04. The number of benzene rings is 2. The number of ether oxygens (including phenoxy) is 2. The van der Waals surface area contributed by atoms with Crippen LogP contribution in [0.1, 0.15) is 38.7 Å². The first-order chi connectivity index (χ1) is 16.0. The number of anilines is 1. The summed E-state index contributed by atoms with van der Waals surface area (Å²) in [7, 11) is 1.32. The van der Waals surface area contributed by atoms with Gasteiger partial charge in [-0.3, -0.25) is 0 Å². The summed E-state index contributed by atoms with van der Waals surface area (Å²) in [5.74, 6) is -2.43. The fourth-order valence-electron chi connectivity index (χ4n) is 3.81. The molecule has 3 rings (SSSR count). The van der Waals surface area contributed by atoms with Gasteiger partial charge in [-0.2, -0.15) is 0 Å². The maximum absolute atomic E-state index is 15.0. The Bertz CT molecular complexity index is 1020. The Balaban J connectivity index is 1.85. The van der Waals surface area contributed by atoms with Crippen molar-refractivity contribution in [2.45, 2.75) is 44.8 Å². The van der Waals surface area contributed by atoms with Gasteiger partial charge in [0, 0.05) is 52.9 Å². The maximum atomic E-state index is 15.0. The molecule has 2 atom stereocenters. The van der Waals surface area contributed by atoms with Crippen LogP contribution in [0.15, 0.2) is 40.9 Å². The van der Waals surface area contributed by atoms with Gasteiger partial charge in [-0.05, 0) is 51.5 Å². The molecule has 3 amide bonds. The van der Waals surface area contributed by atoms with Gasteiger partial charge in [0.2, 0.25) is 0 Å². The van der Waals surface area contributed by atoms with Crippen molar-refractivity contribution < 1.29 is 27.8 Å². The van der Waals surface area contributed by atoms with E-state index in [1.165, 1.54) is 12.0 Å². The van der Waals surface area contributed by atoms with Crippen LogP contribution in [0.25, 0.3) is 0 Å². The maximum Gasteiger partial charge on any atom is 0.410 e. The van der Waals surface area contributed by atoms with Crippen LogP contribution in [0, 0.1) is 11.6 Å². The van der Waals surface area contributed by atoms with Gasteiger partial charge in [0.1, 0.15) is 23.0 Å². The zero-order valence-electron chi connectivity index (χ0n) is 19.5. The standard InChI is InChI=1S/C24H28BrF2N3O4/c1-24(2,3)34-23(32)30-10-9-20(29-22(31)28-15-7-5-14(25)6-8-15)17(13-30)21-18(26)11-16(33-4)12-19(21)27/h5-8,11-12,17,20H,9-10,13H2,1-4H3,(H2,28,29,31)/t17-,20?/m1/s1. The molecule has 0 aromatic heterocycles. The van der Waals surface area contributed by atoms with E-state index in [1.807, 2.05) is 0 Å². The van der Waals surface area contributed by atoms with Crippen LogP contribution in [0.3, 0.4) is 0 Å². The van der Waals surface area contributed by atoms with Gasteiger partial charge in [0.15, 0.2) is 0 Å². The minimum atomic E-state index is -0.845. The first-order valence-corrected chi connectivity index (χ1v) is 11.6. The predicted octanol–water partition coefficient (Wildman–Crippen LogP) is 5.65. The highest BCUT2D eigenvalue weighted by Gasteiger charge is 2.38. The number of urea groups is 1. The van der Waals surface area contributed by atoms with Crippen LogP contribution >= 0.6 is 15.9 Å². The van der Waals surface area contributed by atoms with Crippen molar-refractivity contribution in [2.75, 3.05) is 25.5 Å². The molecule has 1 aliphatic rings. The number of nitrogens with one attached hydrogen (secondary N) is 2. The van der Waals surface area contributed by atoms with Gasteiger partial charge in [-0.25, -0.2) is 18.4 Å². The molecule has 1 heterocycles. The van der Waals surface area contributed by atoms with Crippen molar-refractivity contribution in [1.29, 1.82) is 0 Å². The highest BCUT2D eigenvalue weighted by molar-refractivity contribution is 9.10. The van der Waals surface area contributed by atoms with E-state index >= 15 is 0 Å². The van der Waals surface area contributed by atoms with E-state index in [9.17, 15) is 18.4 Å². The summed E-state index contributed by atoms with van der Waals surface area (Å²) in [5.41, 5.74) is -0.378. The number of amides is 3. The number of hydrogen-bond acceptors (Lipinski definition) is 4. The first kappa shape index (κ1) is 25.7. The smallest absolute Gasteiger partial charge is 0.410 e. The highest BCUT2D eigenvalue weighted by Crippen LogP contribution is 2.34. The van der Waals surface area contributed by atoms with Crippen LogP contribution in [0.4, 0.5) is 24.1 Å². The molecule has 34 heavy (non-hydrogen) atoms. The van der Waals surface area contributed by atoms with Crippen molar-refractivity contribution in [1.82, 2.24) is 10.2 Å². The Morgan fingerprint density at radius 3 is 2.29 bits per heavy atom. The molecular weight excluding hydrogens is 512 g/mol. The summed E-state index contributed by atoms with van der Waals surface area (Å²) in [4.78, 5) is 26.7. The number of likely N-dealkylation sites (tertiary alicyclic amines) is 1. The second-order valence-corrected chi connectivity index (χ2v) is 9.95. The summed E-state index contributed by atoms with van der Waals surface area (Å²) >= 11 is 3.33. The Labute approximate surface area is 205 Å². The molecule has 2 N–H and O–H groups in total. The van der Waals surface area contributed by atoms with Gasteiger partial charge in [-0.15, -0.1) is 0 Å². The van der Waals surface area contributed by atoms with Crippen LogP contribution in [-0.4, -0.2) is 48.9 Å². The van der Waals surface area contributed by atoms with E-state index in [-0.39, 0.29) is 30.8 Å². The summed E-state index contributed by atoms with van der Waals surface area (Å²) in [5, 5.41) is 5.53. The van der Waals surface area contributed by atoms with Crippen molar-refractivity contribution in [3.63, 3.8) is 0 Å². The van der Waals surface area contributed by atoms with E-state index in [0.29, 0.717) is 5.69 Å². The lowest BCUT2D eigenvalue weighted by atomic mass is 9.85. The second kappa shape index (κ2) is 10.6. The first-order valence-electron chi connectivity index (χ1n) is 10.8. The van der Waals surface area contributed by atoms with Gasteiger partial charge in [0.25, 0.3) is 0 Å². The van der Waals surface area contributed by atoms with Crippen LogP contribution in [-0.2, 0) is 4.74 Å². The van der Waals surface area contributed by atoms with E-state index in [0.717, 1.165) is 16.6 Å². The molecule has 0 saturated carbocycles. The van der Waals surface area contributed by atoms with E-state index in [2.05, 4.69) is 26.6 Å². The molecule has 0 spiro atoms. The quantitative estimate of drug-likeness (QED) is 0.526. The third-order valence-electron chi connectivity index (χ3n) is 5.34. The Kier molecular flexibility index (Phi) is 8.01. The number of methoxy groups -OCH3 is 1. The van der Waals surface area contributed by atoms with E-state index in [1.54, 1.807) is 45.0 Å². The largest absolute Gasteiger partial charge is 0.497 e. The summed E-state index contributed by atoms with van der Waals surface area (Å²) < 4.78 is 41.2. The predicted molar refractivity (Wildman–Crippen MR) is 128 cm³/mol. The molecule has 7 nitrogen and oxygen atoms in total. The minimum absolute atomic E-state index is 0.0295. The molecule has 2 aromatic carbocycles. The van der Waals surface area contributed by atoms with Gasteiger partial charge >= 0.3 is 12.1 Å². The monoisotopic (exact) mass is 539 g/mol. The van der Waals surface area contributed by atoms with Crippen LogP contribution in [0.2, 0.25) is 0 Å². The van der Waals surface area contributed by atoms with Crippen molar-refractivity contribution in [3.8, 4) is 5.75 Å². The zero-order valence-corrected chi connectivity index (χ0v) is 21.0. The molecule has 10 heteroatoms. The van der Waals surface area contributed by atoms with E-state index in [4.69, 9.17) is 9.47 Å². The normalized spacial score (nSPS) is 18.3. The number of carbonyl (C=O) groups excluding carboxylic acids is 2. The molecule has 0 aliphatic carbocycles. The summed E-state index contributed by atoms with van der Waals surface area (Å²) in [6.07, 6.45) is -0.299. The molecule has 184 valence electrons. The molecule has 1 saturated heterocycles. The number of hydrogen-bond donors (Lipinski definition) is 2. The Morgan fingerprint density at radius 1 is 1.12 bits per heavy atom. The zero-order chi connectivity index (χ0) is 25.0. The molecule has 2 aromatic rings. The highest BCUT2D eigenvalue weighted by atomic mass is 79.9. The van der Waals surface area contributed by atoms with Crippen LogP contribution < -0.4 is 15.4 Å². The van der Waals surface area contributed by atoms with Crippen molar-refractivity contribution in [3.05, 3.63) is 58.1 Å². The Morgan fingerprint density at radius 2 is 1.74 bits per heavy atom. The number of rotatable bonds is 4. The molecule has 0 bridgehead atoms. The summed E-state index contributed by atoms with van der Waals surface area (Å²) in [6.45, 7) is 5.45. The number of halogens is 3. The van der Waals surface area contributed by atoms with Crippen LogP contribution in [0.5, 0.6) is 5.75 Å².